The van der Waals surface area contributed by atoms with Crippen LogP contribution in [0.5, 0.6) is 0 Å². The summed E-state index contributed by atoms with van der Waals surface area (Å²) >= 11 is 0. The van der Waals surface area contributed by atoms with Crippen molar-refractivity contribution in [2.75, 3.05) is 16.8 Å². The molecule has 288 valence electrons. The predicted molar refractivity (Wildman–Crippen MR) is 197 cm³/mol. The van der Waals surface area contributed by atoms with E-state index in [2.05, 4.69) is 5.32 Å². The van der Waals surface area contributed by atoms with Gasteiger partial charge in [-0.3, -0.25) is 14.4 Å². The van der Waals surface area contributed by atoms with Gasteiger partial charge in [0.1, 0.15) is 18.3 Å². The number of fused-ring (bicyclic) bond motifs is 3. The van der Waals surface area contributed by atoms with Gasteiger partial charge in [0, 0.05) is 29.3 Å². The molecule has 0 unspecified atom stereocenters. The topological polar surface area (TPSA) is 210 Å². The third kappa shape index (κ3) is 6.56. The minimum Gasteiger partial charge on any atom is -0.432 e. The molecule has 0 aromatic heterocycles. The largest absolute Gasteiger partial charge is 0.432 e. The monoisotopic (exact) mass is 761 g/mol. The van der Waals surface area contributed by atoms with E-state index in [1.54, 1.807) is 47.2 Å². The molecule has 4 aliphatic rings. The van der Waals surface area contributed by atoms with Gasteiger partial charge in [0.25, 0.3) is 11.8 Å². The SMILES string of the molecule is C[C@@H]1[C@@H]([Si](C)(C)O)[C@H](CC(=O)N2Cc3ccccc3C[C@H]2CO)O[C@@]12C(=O)N(Cc1cccc(NC(=O)[C@H]3O[C@@H](O)[C@H](O)[C@@H](O)[C@@H]3O)c1)c1ccccc12. The Balaban J connectivity index is 1.14. The first kappa shape index (κ1) is 38.2. The Bertz CT molecular complexity index is 1920. The Morgan fingerprint density at radius 2 is 1.65 bits per heavy atom. The minimum absolute atomic E-state index is 0.0726. The fourth-order valence-electron chi connectivity index (χ4n) is 8.94. The van der Waals surface area contributed by atoms with Crippen molar-refractivity contribution in [2.24, 2.45) is 5.92 Å². The number of nitrogens with zero attached hydrogens (tertiary/aromatic N) is 2. The molecule has 3 amide bonds. The minimum atomic E-state index is -3.07. The normalized spacial score (nSPS) is 32.1. The van der Waals surface area contributed by atoms with Gasteiger partial charge >= 0.3 is 0 Å². The summed E-state index contributed by atoms with van der Waals surface area (Å²) in [5, 5.41) is 52.9. The van der Waals surface area contributed by atoms with Crippen molar-refractivity contribution in [3.63, 3.8) is 0 Å². The second kappa shape index (κ2) is 14.6. The van der Waals surface area contributed by atoms with Crippen LogP contribution in [0.15, 0.2) is 72.8 Å². The molecule has 7 rings (SSSR count). The molecule has 7 N–H and O–H groups in total. The zero-order chi connectivity index (χ0) is 38.7. The van der Waals surface area contributed by atoms with E-state index in [0.29, 0.717) is 29.8 Å². The maximum atomic E-state index is 14.9. The van der Waals surface area contributed by atoms with Crippen LogP contribution in [0.4, 0.5) is 11.4 Å². The van der Waals surface area contributed by atoms with Crippen molar-refractivity contribution in [2.45, 2.75) is 99.9 Å². The lowest BCUT2D eigenvalue weighted by molar-refractivity contribution is -0.274. The summed E-state index contributed by atoms with van der Waals surface area (Å²) in [5.74, 6) is -1.93. The zero-order valence-corrected chi connectivity index (χ0v) is 31.3. The second-order valence-electron chi connectivity index (χ2n) is 15.4. The molecule has 0 saturated carbocycles. The van der Waals surface area contributed by atoms with Gasteiger partial charge in [-0.15, -0.1) is 0 Å². The Labute approximate surface area is 313 Å². The maximum absolute atomic E-state index is 14.9. The van der Waals surface area contributed by atoms with Crippen molar-refractivity contribution in [3.8, 4) is 0 Å². The van der Waals surface area contributed by atoms with Crippen molar-refractivity contribution in [1.82, 2.24) is 4.90 Å². The highest BCUT2D eigenvalue weighted by atomic mass is 28.4. The Kier molecular flexibility index (Phi) is 10.3. The number of ether oxygens (including phenoxy) is 2. The van der Waals surface area contributed by atoms with Gasteiger partial charge in [-0.05, 0) is 54.4 Å². The summed E-state index contributed by atoms with van der Waals surface area (Å²) in [5.41, 5.74) is 2.28. The van der Waals surface area contributed by atoms with Gasteiger partial charge in [-0.25, -0.2) is 0 Å². The molecule has 0 bridgehead atoms. The molecule has 0 aliphatic carbocycles. The number of nitrogens with one attached hydrogen (secondary N) is 1. The van der Waals surface area contributed by atoms with E-state index < -0.39 is 74.1 Å². The van der Waals surface area contributed by atoms with Crippen LogP contribution in [0.25, 0.3) is 0 Å². The highest BCUT2D eigenvalue weighted by Gasteiger charge is 2.66. The molecule has 14 nitrogen and oxygen atoms in total. The number of amides is 3. The summed E-state index contributed by atoms with van der Waals surface area (Å²) in [6.07, 6.45) is -9.26. The molecule has 15 heteroatoms. The number of para-hydroxylation sites is 1. The van der Waals surface area contributed by atoms with Crippen molar-refractivity contribution < 1.29 is 54.2 Å². The van der Waals surface area contributed by atoms with E-state index in [4.69, 9.17) is 9.47 Å². The summed E-state index contributed by atoms with van der Waals surface area (Å²) in [7, 11) is -3.07. The van der Waals surface area contributed by atoms with Crippen LogP contribution in [0.1, 0.15) is 35.6 Å². The van der Waals surface area contributed by atoms with Crippen LogP contribution in [-0.4, -0.2) is 111 Å². The molecule has 2 fully saturated rings. The summed E-state index contributed by atoms with van der Waals surface area (Å²) < 4.78 is 11.9. The van der Waals surface area contributed by atoms with E-state index in [1.807, 2.05) is 55.5 Å². The molecular formula is C39H47N3O11Si. The van der Waals surface area contributed by atoms with E-state index >= 15 is 0 Å². The molecule has 3 aromatic rings. The van der Waals surface area contributed by atoms with Crippen molar-refractivity contribution in [1.29, 1.82) is 0 Å². The molecule has 1 spiro atoms. The van der Waals surface area contributed by atoms with Gasteiger partial charge in [-0.2, -0.15) is 0 Å². The third-order valence-corrected chi connectivity index (χ3v) is 14.0. The smallest absolute Gasteiger partial charge is 0.264 e. The van der Waals surface area contributed by atoms with Gasteiger partial charge in [-0.1, -0.05) is 61.5 Å². The van der Waals surface area contributed by atoms with Gasteiger partial charge < -0.3 is 54.9 Å². The highest BCUT2D eigenvalue weighted by molar-refractivity contribution is 6.71. The number of aliphatic hydroxyl groups is 5. The molecule has 2 saturated heterocycles. The van der Waals surface area contributed by atoms with Gasteiger partial charge in [0.05, 0.1) is 37.4 Å². The van der Waals surface area contributed by atoms with E-state index in [0.717, 1.165) is 11.1 Å². The van der Waals surface area contributed by atoms with Crippen molar-refractivity contribution >= 4 is 37.4 Å². The molecular weight excluding hydrogens is 715 g/mol. The lowest BCUT2D eigenvalue weighted by Gasteiger charge is -2.37. The number of aliphatic hydroxyl groups excluding tert-OH is 5. The molecule has 3 aromatic carbocycles. The second-order valence-corrected chi connectivity index (χ2v) is 19.4. The van der Waals surface area contributed by atoms with Crippen LogP contribution in [0.3, 0.4) is 0 Å². The van der Waals surface area contributed by atoms with Crippen molar-refractivity contribution in [3.05, 3.63) is 95.1 Å². The zero-order valence-electron chi connectivity index (χ0n) is 30.3. The first-order valence-corrected chi connectivity index (χ1v) is 21.2. The first-order valence-electron chi connectivity index (χ1n) is 18.2. The predicted octanol–water partition coefficient (Wildman–Crippen LogP) is 1.11. The molecule has 54 heavy (non-hydrogen) atoms. The number of benzene rings is 3. The Hall–Kier alpha value is -4.03. The summed E-state index contributed by atoms with van der Waals surface area (Å²) in [6, 6.07) is 21.4. The number of carbonyl (C=O) groups is 3. The van der Waals surface area contributed by atoms with Crippen LogP contribution in [-0.2, 0) is 49.0 Å². The number of hydrogen-bond acceptors (Lipinski definition) is 11. The van der Waals surface area contributed by atoms with E-state index in [-0.39, 0.29) is 37.1 Å². The number of hydrogen-bond donors (Lipinski definition) is 7. The molecule has 0 radical (unpaired) electrons. The highest BCUT2D eigenvalue weighted by Crippen LogP contribution is 2.59. The maximum Gasteiger partial charge on any atom is 0.264 e. The van der Waals surface area contributed by atoms with Crippen LogP contribution in [0, 0.1) is 5.92 Å². The van der Waals surface area contributed by atoms with E-state index in [1.165, 1.54) is 0 Å². The number of anilines is 2. The quantitative estimate of drug-likeness (QED) is 0.162. The van der Waals surface area contributed by atoms with Crippen LogP contribution >= 0.6 is 0 Å². The van der Waals surface area contributed by atoms with E-state index in [9.17, 15) is 44.7 Å². The Morgan fingerprint density at radius 1 is 0.944 bits per heavy atom. The number of rotatable bonds is 8. The Morgan fingerprint density at radius 3 is 2.37 bits per heavy atom. The molecule has 4 heterocycles. The molecule has 10 atom stereocenters. The van der Waals surface area contributed by atoms with Gasteiger partial charge in [0.2, 0.25) is 5.91 Å². The van der Waals surface area contributed by atoms with Gasteiger partial charge in [0.15, 0.2) is 26.3 Å². The first-order chi connectivity index (χ1) is 25.6. The standard InChI is InChI=1S/C39H47N3O11Si/c1-21-35(54(2,3)51)29(17-30(44)41-19-24-11-5-4-10-23(24)16-26(41)20-43)53-39(21)27-13-6-7-14-28(27)42(38(39)50)18-22-9-8-12-25(15-22)40-36(48)34-32(46)31(45)33(47)37(49)52-34/h4-15,21,26,29,31-35,37,43,45-47,49,51H,16-20H2,1-3H3,(H,40,48)/t21-,26+,29+,31+,32+,33-,34+,35-,37-,39+/m1/s1. The lowest BCUT2D eigenvalue weighted by Crippen LogP contribution is -2.60. The van der Waals surface area contributed by atoms with Crippen LogP contribution in [0.2, 0.25) is 18.6 Å². The fourth-order valence-corrected chi connectivity index (χ4v) is 11.5. The number of carbonyl (C=O) groups excluding carboxylic acids is 3. The third-order valence-electron chi connectivity index (χ3n) is 11.5. The lowest BCUT2D eigenvalue weighted by atomic mass is 9.82. The average Bonchev–Trinajstić information content (AvgIpc) is 3.57. The summed E-state index contributed by atoms with van der Waals surface area (Å²) in [4.78, 5) is 57.0. The molecule has 4 aliphatic heterocycles. The average molecular weight is 762 g/mol. The fraction of sp³-hybridized carbons (Fsp3) is 0.462. The summed E-state index contributed by atoms with van der Waals surface area (Å²) in [6.45, 7) is 5.71. The van der Waals surface area contributed by atoms with Crippen LogP contribution < -0.4 is 10.2 Å².